The largest absolute Gasteiger partial charge is 0.469 e. The molecule has 0 unspecified atom stereocenters. The van der Waals surface area contributed by atoms with Crippen LogP contribution in [0.15, 0.2) is 60.7 Å². The van der Waals surface area contributed by atoms with Gasteiger partial charge in [-0.2, -0.15) is 0 Å². The molecule has 3 rings (SSSR count). The number of methoxy groups -OCH3 is 1. The van der Waals surface area contributed by atoms with E-state index in [4.69, 9.17) is 4.74 Å². The van der Waals surface area contributed by atoms with Crippen molar-refractivity contribution in [2.45, 2.75) is 16.4 Å². The maximum Gasteiger partial charge on any atom is 0.306 e. The molecule has 0 N–H and O–H groups in total. The lowest BCUT2D eigenvalue weighted by Gasteiger charge is -2.36. The lowest BCUT2D eigenvalue weighted by atomic mass is 9.88. The van der Waals surface area contributed by atoms with Crippen LogP contribution in [0, 0.1) is 0 Å². The molecular weight excluding hydrogens is 324 g/mol. The molecule has 1 aliphatic rings. The van der Waals surface area contributed by atoms with E-state index in [0.29, 0.717) is 6.42 Å². The fraction of sp³-hybridized carbons (Fsp3) is 0.316. The Morgan fingerprint density at radius 1 is 1.04 bits per heavy atom. The number of hydrogen-bond acceptors (Lipinski definition) is 4. The summed E-state index contributed by atoms with van der Waals surface area (Å²) in [5.74, 6) is 2.15. The van der Waals surface area contributed by atoms with Crippen LogP contribution < -0.4 is 0 Å². The van der Waals surface area contributed by atoms with Crippen LogP contribution in [-0.4, -0.2) is 24.6 Å². The smallest absolute Gasteiger partial charge is 0.306 e. The third kappa shape index (κ3) is 3.43. The minimum atomic E-state index is -0.151. The summed E-state index contributed by atoms with van der Waals surface area (Å²) >= 11 is 3.91. The highest BCUT2D eigenvalue weighted by Crippen LogP contribution is 2.60. The van der Waals surface area contributed by atoms with Crippen molar-refractivity contribution in [3.8, 4) is 0 Å². The number of esters is 1. The van der Waals surface area contributed by atoms with E-state index in [9.17, 15) is 4.79 Å². The Balaban J connectivity index is 2.07. The monoisotopic (exact) mass is 344 g/mol. The van der Waals surface area contributed by atoms with Crippen molar-refractivity contribution < 1.29 is 9.53 Å². The Kier molecular flexibility index (Phi) is 5.34. The second kappa shape index (κ2) is 7.45. The van der Waals surface area contributed by atoms with Gasteiger partial charge < -0.3 is 4.74 Å². The maximum absolute atomic E-state index is 12.1. The molecule has 0 bridgehead atoms. The molecule has 1 fully saturated rings. The molecule has 2 nitrogen and oxygen atoms in total. The highest BCUT2D eigenvalue weighted by Gasteiger charge is 2.46. The van der Waals surface area contributed by atoms with Crippen molar-refractivity contribution in [1.82, 2.24) is 0 Å². The van der Waals surface area contributed by atoms with Gasteiger partial charge in [-0.1, -0.05) is 60.7 Å². The molecule has 1 aliphatic heterocycles. The lowest BCUT2D eigenvalue weighted by molar-refractivity contribution is -0.141. The molecule has 2 aromatic rings. The fourth-order valence-electron chi connectivity index (χ4n) is 3.07. The Labute approximate surface area is 146 Å². The summed E-state index contributed by atoms with van der Waals surface area (Å²) in [6, 6.07) is 20.9. The SMILES string of the molecule is COC(=O)C[C@H](c1ccccc1)C1(c2ccccc2)SCCS1. The molecular formula is C19H20O2S2. The fourth-order valence-corrected chi connectivity index (χ4v) is 6.63. The maximum atomic E-state index is 12.1. The first-order valence-corrected chi connectivity index (χ1v) is 9.68. The molecule has 0 amide bonds. The second-order valence-corrected chi connectivity index (χ2v) is 8.41. The number of benzene rings is 2. The average Bonchev–Trinajstić information content (AvgIpc) is 3.11. The van der Waals surface area contributed by atoms with Crippen LogP contribution in [0.1, 0.15) is 23.5 Å². The van der Waals surface area contributed by atoms with Crippen molar-refractivity contribution in [2.24, 2.45) is 0 Å². The van der Waals surface area contributed by atoms with Gasteiger partial charge in [-0.15, -0.1) is 23.5 Å². The van der Waals surface area contributed by atoms with Crippen LogP contribution in [0.3, 0.4) is 0 Å². The van der Waals surface area contributed by atoms with Gasteiger partial charge in [0.05, 0.1) is 17.6 Å². The summed E-state index contributed by atoms with van der Waals surface area (Å²) in [7, 11) is 1.47. The van der Waals surface area contributed by atoms with E-state index in [0.717, 1.165) is 11.5 Å². The zero-order valence-electron chi connectivity index (χ0n) is 13.1. The summed E-state index contributed by atoms with van der Waals surface area (Å²) in [6.45, 7) is 0. The molecule has 23 heavy (non-hydrogen) atoms. The molecule has 0 spiro atoms. The first kappa shape index (κ1) is 16.5. The third-order valence-corrected chi connectivity index (χ3v) is 7.83. The van der Waals surface area contributed by atoms with Crippen LogP contribution >= 0.6 is 23.5 Å². The molecule has 0 aromatic heterocycles. The van der Waals surface area contributed by atoms with Crippen molar-refractivity contribution in [3.05, 3.63) is 71.8 Å². The van der Waals surface area contributed by atoms with Gasteiger partial charge in [-0.3, -0.25) is 4.79 Å². The number of carbonyl (C=O) groups is 1. The number of rotatable bonds is 5. The van der Waals surface area contributed by atoms with Crippen molar-refractivity contribution in [1.29, 1.82) is 0 Å². The van der Waals surface area contributed by atoms with E-state index in [2.05, 4.69) is 36.4 Å². The predicted molar refractivity (Wildman–Crippen MR) is 98.9 cm³/mol. The van der Waals surface area contributed by atoms with Crippen LogP contribution in [0.4, 0.5) is 0 Å². The van der Waals surface area contributed by atoms with Crippen molar-refractivity contribution in [3.63, 3.8) is 0 Å². The topological polar surface area (TPSA) is 26.3 Å². The quantitative estimate of drug-likeness (QED) is 0.737. The molecule has 120 valence electrons. The Morgan fingerprint density at radius 2 is 1.61 bits per heavy atom. The number of hydrogen-bond donors (Lipinski definition) is 0. The standard InChI is InChI=1S/C19H20O2S2/c1-21-18(20)14-17(15-8-4-2-5-9-15)19(22-12-13-23-19)16-10-6-3-7-11-16/h2-11,17H,12-14H2,1H3/t17-/m1/s1. The molecule has 4 heteroatoms. The Hall–Kier alpha value is -1.39. The normalized spacial score (nSPS) is 17.6. The minimum absolute atomic E-state index is 0.0936. The second-order valence-electron chi connectivity index (χ2n) is 5.47. The molecule has 1 saturated heterocycles. The van der Waals surface area contributed by atoms with Gasteiger partial charge in [0.1, 0.15) is 0 Å². The van der Waals surface area contributed by atoms with E-state index in [1.54, 1.807) is 0 Å². The molecule has 1 heterocycles. The first-order valence-electron chi connectivity index (χ1n) is 7.71. The number of carbonyl (C=O) groups excluding carboxylic acids is 1. The van der Waals surface area contributed by atoms with Crippen LogP contribution in [-0.2, 0) is 13.6 Å². The van der Waals surface area contributed by atoms with E-state index in [1.807, 2.05) is 47.8 Å². The molecule has 0 saturated carbocycles. The zero-order chi connectivity index (χ0) is 16.1. The van der Waals surface area contributed by atoms with Crippen LogP contribution in [0.25, 0.3) is 0 Å². The van der Waals surface area contributed by atoms with Gasteiger partial charge in [0.25, 0.3) is 0 Å². The summed E-state index contributed by atoms with van der Waals surface area (Å²) < 4.78 is 4.86. The summed E-state index contributed by atoms with van der Waals surface area (Å²) in [4.78, 5) is 12.1. The van der Waals surface area contributed by atoms with Crippen molar-refractivity contribution in [2.75, 3.05) is 18.6 Å². The highest BCUT2D eigenvalue weighted by molar-refractivity contribution is 8.20. The first-order chi connectivity index (χ1) is 11.3. The average molecular weight is 345 g/mol. The van der Waals surface area contributed by atoms with Gasteiger partial charge in [0.15, 0.2) is 0 Å². The summed E-state index contributed by atoms with van der Waals surface area (Å²) in [6.07, 6.45) is 0.398. The summed E-state index contributed by atoms with van der Waals surface area (Å²) in [5, 5.41) is 0. The minimum Gasteiger partial charge on any atom is -0.469 e. The van der Waals surface area contributed by atoms with Gasteiger partial charge in [0, 0.05) is 17.4 Å². The van der Waals surface area contributed by atoms with E-state index < -0.39 is 0 Å². The lowest BCUT2D eigenvalue weighted by Crippen LogP contribution is -2.27. The zero-order valence-corrected chi connectivity index (χ0v) is 14.7. The van der Waals surface area contributed by atoms with Gasteiger partial charge in [-0.05, 0) is 11.1 Å². The predicted octanol–water partition coefficient (Wildman–Crippen LogP) is 4.67. The van der Waals surface area contributed by atoms with E-state index in [-0.39, 0.29) is 16.0 Å². The Bertz CT molecular complexity index is 637. The van der Waals surface area contributed by atoms with E-state index >= 15 is 0 Å². The van der Waals surface area contributed by atoms with Crippen molar-refractivity contribution >= 4 is 29.5 Å². The molecule has 2 aromatic carbocycles. The number of ether oxygens (including phenoxy) is 1. The third-order valence-electron chi connectivity index (χ3n) is 4.15. The van der Waals surface area contributed by atoms with Gasteiger partial charge in [0.2, 0.25) is 0 Å². The molecule has 1 atom stereocenters. The van der Waals surface area contributed by atoms with Gasteiger partial charge in [-0.25, -0.2) is 0 Å². The van der Waals surface area contributed by atoms with E-state index in [1.165, 1.54) is 18.2 Å². The molecule has 0 aliphatic carbocycles. The highest BCUT2D eigenvalue weighted by atomic mass is 32.2. The van der Waals surface area contributed by atoms with Crippen LogP contribution in [0.5, 0.6) is 0 Å². The molecule has 0 radical (unpaired) electrons. The van der Waals surface area contributed by atoms with Crippen LogP contribution in [0.2, 0.25) is 0 Å². The Morgan fingerprint density at radius 3 is 2.17 bits per heavy atom. The summed E-state index contributed by atoms with van der Waals surface area (Å²) in [5.41, 5.74) is 2.48. The van der Waals surface area contributed by atoms with Gasteiger partial charge >= 0.3 is 5.97 Å². The number of thioether (sulfide) groups is 2.